The zero-order valence-electron chi connectivity index (χ0n) is 18.6. The van der Waals surface area contributed by atoms with Crippen molar-refractivity contribution in [2.75, 3.05) is 19.7 Å². The molecule has 2 amide bonds. The Hall–Kier alpha value is -2.77. The summed E-state index contributed by atoms with van der Waals surface area (Å²) in [4.78, 5) is 31.2. The second-order valence-corrected chi connectivity index (χ2v) is 9.41. The summed E-state index contributed by atoms with van der Waals surface area (Å²) in [6.45, 7) is 1.22. The van der Waals surface area contributed by atoms with Crippen molar-refractivity contribution < 1.29 is 19.1 Å². The number of rotatable bonds is 8. The maximum atomic E-state index is 13.7. The van der Waals surface area contributed by atoms with Crippen LogP contribution in [0.25, 0.3) is 0 Å². The summed E-state index contributed by atoms with van der Waals surface area (Å²) in [7, 11) is 0. The highest BCUT2D eigenvalue weighted by Crippen LogP contribution is 2.57. The van der Waals surface area contributed by atoms with E-state index in [2.05, 4.69) is 10.2 Å². The van der Waals surface area contributed by atoms with Gasteiger partial charge < -0.3 is 15.3 Å². The first kappa shape index (κ1) is 22.0. The smallest absolute Gasteiger partial charge is 0.244 e. The van der Waals surface area contributed by atoms with Gasteiger partial charge in [0.2, 0.25) is 11.8 Å². The molecule has 33 heavy (non-hydrogen) atoms. The number of carbonyl (C=O) groups is 2. The molecular formula is C26H30FN3O3. The van der Waals surface area contributed by atoms with Gasteiger partial charge >= 0.3 is 0 Å². The summed E-state index contributed by atoms with van der Waals surface area (Å²) in [5, 5.41) is 12.8. The molecule has 3 aliphatic heterocycles. The molecule has 0 unspecified atom stereocenters. The highest BCUT2D eigenvalue weighted by molar-refractivity contribution is 5.96. The second kappa shape index (κ2) is 8.88. The number of benzene rings is 2. The second-order valence-electron chi connectivity index (χ2n) is 9.41. The number of hydrogen-bond donors (Lipinski definition) is 2. The average Bonchev–Trinajstić information content (AvgIpc) is 3.41. The number of likely N-dealkylation sites (tertiary alicyclic amines) is 1. The van der Waals surface area contributed by atoms with Crippen LogP contribution in [-0.4, -0.2) is 64.0 Å². The molecule has 2 bridgehead atoms. The maximum absolute atomic E-state index is 13.7. The number of β-amino-alcohol motifs (C(OH)–C–C–N with tert-alkyl or cyclic N) is 1. The molecule has 0 aliphatic carbocycles. The van der Waals surface area contributed by atoms with Crippen molar-refractivity contribution in [2.24, 2.45) is 5.92 Å². The quantitative estimate of drug-likeness (QED) is 0.645. The molecule has 4 atom stereocenters. The van der Waals surface area contributed by atoms with Gasteiger partial charge in [0.25, 0.3) is 0 Å². The van der Waals surface area contributed by atoms with Crippen LogP contribution in [0, 0.1) is 11.7 Å². The Morgan fingerprint density at radius 2 is 1.88 bits per heavy atom. The third-order valence-electron chi connectivity index (χ3n) is 7.74. The van der Waals surface area contributed by atoms with Crippen LogP contribution in [0.15, 0.2) is 54.6 Å². The lowest BCUT2D eigenvalue weighted by Crippen LogP contribution is -2.60. The van der Waals surface area contributed by atoms with Gasteiger partial charge in [0, 0.05) is 25.7 Å². The van der Waals surface area contributed by atoms with E-state index in [9.17, 15) is 19.1 Å². The standard InChI is InChI=1S/C26H30FN3O3/c27-20-8-6-19(7-9-20)17-29-23(24(32)28-13-11-18-4-2-1-3-5-18)26-12-10-21(30(26)14-15-31)16-22(26)25(29)33/h1-9,21-23,31H,10-17H2,(H,28,32)/t21-,22+,23-,26+/m0/s1. The Bertz CT molecular complexity index is 1020. The summed E-state index contributed by atoms with van der Waals surface area (Å²) in [6.07, 6.45) is 3.14. The van der Waals surface area contributed by atoms with Crippen molar-refractivity contribution in [3.05, 3.63) is 71.5 Å². The van der Waals surface area contributed by atoms with Gasteiger partial charge in [0.15, 0.2) is 0 Å². The lowest BCUT2D eigenvalue weighted by atomic mass is 9.75. The molecule has 5 rings (SSSR count). The van der Waals surface area contributed by atoms with Crippen molar-refractivity contribution in [1.29, 1.82) is 0 Å². The van der Waals surface area contributed by atoms with Gasteiger partial charge in [-0.3, -0.25) is 14.5 Å². The Morgan fingerprint density at radius 1 is 1.12 bits per heavy atom. The van der Waals surface area contributed by atoms with Crippen LogP contribution in [0.5, 0.6) is 0 Å². The minimum Gasteiger partial charge on any atom is -0.395 e. The number of aliphatic hydroxyl groups is 1. The van der Waals surface area contributed by atoms with Gasteiger partial charge in [0.05, 0.1) is 18.1 Å². The molecule has 1 spiro atoms. The van der Waals surface area contributed by atoms with Crippen molar-refractivity contribution in [3.63, 3.8) is 0 Å². The highest BCUT2D eigenvalue weighted by Gasteiger charge is 2.71. The molecule has 2 N–H and O–H groups in total. The molecule has 3 aliphatic rings. The van der Waals surface area contributed by atoms with Gasteiger partial charge in [-0.05, 0) is 48.9 Å². The minimum atomic E-state index is -0.630. The number of carbonyl (C=O) groups excluding carboxylic acids is 2. The molecule has 0 saturated carbocycles. The molecule has 2 aromatic carbocycles. The van der Waals surface area contributed by atoms with E-state index in [-0.39, 0.29) is 42.7 Å². The van der Waals surface area contributed by atoms with E-state index in [1.807, 2.05) is 30.3 Å². The van der Waals surface area contributed by atoms with Gasteiger partial charge in [-0.2, -0.15) is 0 Å². The molecule has 3 fully saturated rings. The molecular weight excluding hydrogens is 421 g/mol. The number of aliphatic hydroxyl groups excluding tert-OH is 1. The lowest BCUT2D eigenvalue weighted by molar-refractivity contribution is -0.138. The van der Waals surface area contributed by atoms with E-state index in [1.54, 1.807) is 17.0 Å². The summed E-state index contributed by atoms with van der Waals surface area (Å²) in [6, 6.07) is 15.7. The first-order chi connectivity index (χ1) is 16.0. The van der Waals surface area contributed by atoms with Crippen LogP contribution < -0.4 is 5.32 Å². The third-order valence-corrected chi connectivity index (χ3v) is 7.74. The summed E-state index contributed by atoms with van der Waals surface area (Å²) >= 11 is 0. The Labute approximate surface area is 193 Å². The molecule has 6 nitrogen and oxygen atoms in total. The fourth-order valence-electron chi connectivity index (χ4n) is 6.42. The van der Waals surface area contributed by atoms with E-state index in [1.165, 1.54) is 12.1 Å². The molecule has 2 aromatic rings. The SMILES string of the molecule is O=C(NCCc1ccccc1)[C@@H]1N(Cc2ccc(F)cc2)C(=O)[C@H]2C[C@@H]3CC[C@@]21N3CCO. The first-order valence-electron chi connectivity index (χ1n) is 11.8. The van der Waals surface area contributed by atoms with E-state index >= 15 is 0 Å². The molecule has 0 radical (unpaired) electrons. The maximum Gasteiger partial charge on any atom is 0.244 e. The highest BCUT2D eigenvalue weighted by atomic mass is 19.1. The number of amides is 2. The van der Waals surface area contributed by atoms with Gasteiger partial charge in [0.1, 0.15) is 11.9 Å². The Morgan fingerprint density at radius 3 is 2.61 bits per heavy atom. The number of nitrogens with one attached hydrogen (secondary N) is 1. The number of halogens is 1. The molecule has 0 aromatic heterocycles. The molecule has 3 saturated heterocycles. The number of nitrogens with zero attached hydrogens (tertiary/aromatic N) is 2. The summed E-state index contributed by atoms with van der Waals surface area (Å²) in [5.74, 6) is -0.722. The first-order valence-corrected chi connectivity index (χ1v) is 11.8. The van der Waals surface area contributed by atoms with E-state index < -0.39 is 11.6 Å². The van der Waals surface area contributed by atoms with E-state index in [0.29, 0.717) is 19.5 Å². The topological polar surface area (TPSA) is 72.9 Å². The van der Waals surface area contributed by atoms with Gasteiger partial charge in [-0.25, -0.2) is 4.39 Å². The van der Waals surface area contributed by atoms with Crippen LogP contribution in [-0.2, 0) is 22.6 Å². The lowest BCUT2D eigenvalue weighted by Gasteiger charge is -2.40. The van der Waals surface area contributed by atoms with Crippen molar-refractivity contribution >= 4 is 11.8 Å². The van der Waals surface area contributed by atoms with Crippen LogP contribution >= 0.6 is 0 Å². The van der Waals surface area contributed by atoms with E-state index in [0.717, 1.165) is 30.4 Å². The molecule has 3 heterocycles. The summed E-state index contributed by atoms with van der Waals surface area (Å²) < 4.78 is 13.4. The summed E-state index contributed by atoms with van der Waals surface area (Å²) in [5.41, 5.74) is 1.36. The molecule has 174 valence electrons. The third kappa shape index (κ3) is 3.73. The average molecular weight is 452 g/mol. The number of hydrogen-bond acceptors (Lipinski definition) is 4. The normalized spacial score (nSPS) is 28.4. The Kier molecular flexibility index (Phi) is 5.93. The zero-order valence-corrected chi connectivity index (χ0v) is 18.6. The van der Waals surface area contributed by atoms with Crippen molar-refractivity contribution in [1.82, 2.24) is 15.1 Å². The van der Waals surface area contributed by atoms with Crippen LogP contribution in [0.2, 0.25) is 0 Å². The van der Waals surface area contributed by atoms with Gasteiger partial charge in [-0.1, -0.05) is 42.5 Å². The monoisotopic (exact) mass is 451 g/mol. The fourth-order valence-corrected chi connectivity index (χ4v) is 6.42. The van der Waals surface area contributed by atoms with Crippen LogP contribution in [0.1, 0.15) is 30.4 Å². The number of fused-ring (bicyclic) bond motifs is 1. The van der Waals surface area contributed by atoms with Crippen molar-refractivity contribution in [2.45, 2.75) is 49.9 Å². The van der Waals surface area contributed by atoms with E-state index in [4.69, 9.17) is 0 Å². The zero-order chi connectivity index (χ0) is 23.0. The molecule has 7 heteroatoms. The largest absolute Gasteiger partial charge is 0.395 e. The predicted molar refractivity (Wildman–Crippen MR) is 122 cm³/mol. The fraction of sp³-hybridized carbons (Fsp3) is 0.462. The minimum absolute atomic E-state index is 0.000527. The van der Waals surface area contributed by atoms with Crippen LogP contribution in [0.4, 0.5) is 4.39 Å². The van der Waals surface area contributed by atoms with Gasteiger partial charge in [-0.15, -0.1) is 0 Å². The Balaban J connectivity index is 1.41. The van der Waals surface area contributed by atoms with Crippen molar-refractivity contribution in [3.8, 4) is 0 Å². The predicted octanol–water partition coefficient (Wildman–Crippen LogP) is 2.11. The van der Waals surface area contributed by atoms with Crippen LogP contribution in [0.3, 0.4) is 0 Å².